The molecule has 0 radical (unpaired) electrons. The Bertz CT molecular complexity index is 1280. The van der Waals surface area contributed by atoms with Crippen molar-refractivity contribution >= 4 is 22.8 Å². The number of aryl methyl sites for hydroxylation is 3. The third-order valence-corrected chi connectivity index (χ3v) is 10.4. The van der Waals surface area contributed by atoms with E-state index in [1.807, 2.05) is 0 Å². The number of aliphatic imine (C=N–C) groups is 2. The molecule has 0 saturated heterocycles. The van der Waals surface area contributed by atoms with Crippen molar-refractivity contribution in [3.8, 4) is 0 Å². The molecular formula is C51H82N2Ni. The van der Waals surface area contributed by atoms with Crippen LogP contribution in [0.5, 0.6) is 0 Å². The maximum atomic E-state index is 5.34. The van der Waals surface area contributed by atoms with E-state index < -0.39 is 0 Å². The quantitative estimate of drug-likeness (QED) is 0.0298. The second-order valence-corrected chi connectivity index (χ2v) is 15.6. The maximum Gasteiger partial charge on any atom is 0.0848 e. The summed E-state index contributed by atoms with van der Waals surface area (Å²) in [4.78, 5) is 10.7. The van der Waals surface area contributed by atoms with E-state index in [0.29, 0.717) is 0 Å². The van der Waals surface area contributed by atoms with Crippen molar-refractivity contribution in [2.45, 2.75) is 214 Å². The van der Waals surface area contributed by atoms with E-state index in [1.165, 1.54) is 132 Å². The third kappa shape index (κ3) is 24.3. The van der Waals surface area contributed by atoms with Crippen LogP contribution in [0, 0.1) is 0 Å². The fourth-order valence-electron chi connectivity index (χ4n) is 7.27. The van der Waals surface area contributed by atoms with E-state index in [0.717, 1.165) is 87.0 Å². The van der Waals surface area contributed by atoms with Crippen LogP contribution >= 0.6 is 0 Å². The zero-order valence-corrected chi connectivity index (χ0v) is 36.8. The van der Waals surface area contributed by atoms with Crippen LogP contribution in [0.3, 0.4) is 0 Å². The van der Waals surface area contributed by atoms with Crippen molar-refractivity contribution in [1.29, 1.82) is 0 Å². The SMILES string of the molecule is CCC=CC(=Nc1ccccc1CCC=CCCCCCCCCCCCCCCCCCCC)C(CCCC)=Nc1cc(CCC)cc(CCC)c1.[Ni]. The number of allylic oxidation sites excluding steroid dienone is 4. The molecule has 0 aromatic heterocycles. The van der Waals surface area contributed by atoms with E-state index in [1.54, 1.807) is 0 Å². The molecule has 0 unspecified atom stereocenters. The van der Waals surface area contributed by atoms with Crippen LogP contribution in [0.1, 0.15) is 212 Å². The van der Waals surface area contributed by atoms with Gasteiger partial charge in [-0.15, -0.1) is 0 Å². The Hall–Kier alpha value is -2.25. The molecule has 306 valence electrons. The van der Waals surface area contributed by atoms with Gasteiger partial charge in [-0.2, -0.15) is 0 Å². The van der Waals surface area contributed by atoms with Crippen LogP contribution in [0.25, 0.3) is 0 Å². The van der Waals surface area contributed by atoms with E-state index in [4.69, 9.17) is 9.98 Å². The van der Waals surface area contributed by atoms with Crippen LogP contribution in [-0.2, 0) is 35.8 Å². The first-order chi connectivity index (χ1) is 26.1. The molecule has 3 heteroatoms. The zero-order valence-electron chi connectivity index (χ0n) is 35.9. The molecule has 0 aliphatic rings. The second-order valence-electron chi connectivity index (χ2n) is 15.6. The van der Waals surface area contributed by atoms with E-state index >= 15 is 0 Å². The topological polar surface area (TPSA) is 24.7 Å². The molecule has 2 aromatic carbocycles. The van der Waals surface area contributed by atoms with Crippen LogP contribution in [0.4, 0.5) is 11.4 Å². The van der Waals surface area contributed by atoms with Gasteiger partial charge in [0.25, 0.3) is 0 Å². The third-order valence-electron chi connectivity index (χ3n) is 10.4. The molecule has 54 heavy (non-hydrogen) atoms. The van der Waals surface area contributed by atoms with E-state index in [-0.39, 0.29) is 16.5 Å². The number of unbranched alkanes of at least 4 members (excludes halogenated alkanes) is 18. The fraction of sp³-hybridized carbons (Fsp3) is 0.647. The first-order valence-corrected chi connectivity index (χ1v) is 22.8. The Balaban J connectivity index is 0.0000146. The van der Waals surface area contributed by atoms with Gasteiger partial charge in [-0.1, -0.05) is 199 Å². The van der Waals surface area contributed by atoms with Crippen LogP contribution in [0.15, 0.2) is 76.8 Å². The molecule has 0 spiro atoms. The standard InChI is InChI=1S/C51H82N2.Ni/c1-6-11-14-15-16-17-18-19-20-21-22-23-24-25-26-27-28-29-30-31-32-37-47-38-33-34-41-49(47)53-51(40-13-8-3)50(39-12-7-2)52-48-43-45(35-9-4)42-46(44-48)36-10-5;/h13,30-31,33-34,38,40-44H,6-12,14-29,32,35-37,39H2,1-5H3;. The summed E-state index contributed by atoms with van der Waals surface area (Å²) >= 11 is 0. The largest absolute Gasteiger partial charge is 0.251 e. The summed E-state index contributed by atoms with van der Waals surface area (Å²) in [6.45, 7) is 11.3. The summed E-state index contributed by atoms with van der Waals surface area (Å²) in [5.41, 5.74) is 8.41. The molecule has 0 N–H and O–H groups in total. The monoisotopic (exact) mass is 781 g/mol. The average molecular weight is 782 g/mol. The molecule has 0 amide bonds. The molecule has 0 aliphatic carbocycles. The number of rotatable bonds is 33. The minimum atomic E-state index is 0. The van der Waals surface area contributed by atoms with Crippen molar-refractivity contribution in [1.82, 2.24) is 0 Å². The number of hydrogen-bond acceptors (Lipinski definition) is 2. The fourth-order valence-corrected chi connectivity index (χ4v) is 7.27. The summed E-state index contributed by atoms with van der Waals surface area (Å²) in [6, 6.07) is 15.7. The summed E-state index contributed by atoms with van der Waals surface area (Å²) < 4.78 is 0. The predicted octanol–water partition coefficient (Wildman–Crippen LogP) is 17.1. The number of benzene rings is 2. The van der Waals surface area contributed by atoms with Gasteiger partial charge in [-0.25, -0.2) is 4.99 Å². The van der Waals surface area contributed by atoms with Gasteiger partial charge in [0.1, 0.15) is 0 Å². The van der Waals surface area contributed by atoms with Gasteiger partial charge in [0.15, 0.2) is 0 Å². The molecule has 2 aromatic rings. The summed E-state index contributed by atoms with van der Waals surface area (Å²) in [6.07, 6.45) is 45.5. The van der Waals surface area contributed by atoms with Crippen LogP contribution < -0.4 is 0 Å². The van der Waals surface area contributed by atoms with Crippen molar-refractivity contribution in [3.05, 3.63) is 83.5 Å². The minimum absolute atomic E-state index is 0. The number of hydrogen-bond donors (Lipinski definition) is 0. The molecule has 0 bridgehead atoms. The molecule has 0 aliphatic heterocycles. The Morgan fingerprint density at radius 3 is 1.56 bits per heavy atom. The van der Waals surface area contributed by atoms with Gasteiger partial charge >= 0.3 is 0 Å². The Morgan fingerprint density at radius 2 is 1.02 bits per heavy atom. The zero-order chi connectivity index (χ0) is 38.0. The van der Waals surface area contributed by atoms with Crippen molar-refractivity contribution in [2.24, 2.45) is 9.98 Å². The molecule has 2 rings (SSSR count). The van der Waals surface area contributed by atoms with E-state index in [2.05, 4.69) is 101 Å². The number of para-hydroxylation sites is 1. The number of nitrogens with zero attached hydrogens (tertiary/aromatic N) is 2. The van der Waals surface area contributed by atoms with Crippen LogP contribution in [-0.4, -0.2) is 11.4 Å². The molecular weight excluding hydrogens is 699 g/mol. The summed E-state index contributed by atoms with van der Waals surface area (Å²) in [5.74, 6) is 0. The molecule has 0 atom stereocenters. The van der Waals surface area contributed by atoms with Crippen molar-refractivity contribution in [3.63, 3.8) is 0 Å². The molecule has 0 saturated carbocycles. The van der Waals surface area contributed by atoms with Crippen LogP contribution in [0.2, 0.25) is 0 Å². The molecule has 2 nitrogen and oxygen atoms in total. The predicted molar refractivity (Wildman–Crippen MR) is 240 cm³/mol. The average Bonchev–Trinajstić information content (AvgIpc) is 3.16. The van der Waals surface area contributed by atoms with Gasteiger partial charge in [0, 0.05) is 16.5 Å². The second kappa shape index (κ2) is 35.2. The van der Waals surface area contributed by atoms with Gasteiger partial charge in [0.2, 0.25) is 0 Å². The van der Waals surface area contributed by atoms with E-state index in [9.17, 15) is 0 Å². The Morgan fingerprint density at radius 1 is 0.500 bits per heavy atom. The van der Waals surface area contributed by atoms with Gasteiger partial charge in [-0.05, 0) is 98.8 Å². The van der Waals surface area contributed by atoms with Gasteiger partial charge in [-0.3, -0.25) is 4.99 Å². The van der Waals surface area contributed by atoms with Gasteiger partial charge < -0.3 is 0 Å². The Kier molecular flexibility index (Phi) is 32.4. The van der Waals surface area contributed by atoms with Crippen molar-refractivity contribution < 1.29 is 16.5 Å². The Labute approximate surface area is 345 Å². The smallest absolute Gasteiger partial charge is 0.0848 e. The normalized spacial score (nSPS) is 12.3. The minimum Gasteiger partial charge on any atom is -0.251 e. The summed E-state index contributed by atoms with van der Waals surface area (Å²) in [5, 5.41) is 0. The molecule has 0 heterocycles. The molecule has 0 fully saturated rings. The van der Waals surface area contributed by atoms with Gasteiger partial charge in [0.05, 0.1) is 22.8 Å². The summed E-state index contributed by atoms with van der Waals surface area (Å²) in [7, 11) is 0. The first-order valence-electron chi connectivity index (χ1n) is 22.8. The maximum absolute atomic E-state index is 5.34. The first kappa shape index (κ1) is 49.8. The van der Waals surface area contributed by atoms with Crippen molar-refractivity contribution in [2.75, 3.05) is 0 Å².